The van der Waals surface area contributed by atoms with Gasteiger partial charge in [-0.05, 0) is 18.6 Å². The highest BCUT2D eigenvalue weighted by Crippen LogP contribution is 2.16. The first-order chi connectivity index (χ1) is 9.97. The van der Waals surface area contributed by atoms with Crippen molar-refractivity contribution in [2.75, 3.05) is 0 Å². The van der Waals surface area contributed by atoms with Crippen molar-refractivity contribution in [3.8, 4) is 0 Å². The first-order valence-electron chi connectivity index (χ1n) is 6.11. The molecular formula is C14H12ClN3O3. The molecule has 0 aliphatic carbocycles. The van der Waals surface area contributed by atoms with E-state index >= 15 is 0 Å². The Hall–Kier alpha value is -2.47. The molecule has 0 aliphatic heterocycles. The number of non-ortho nitro benzene ring substituents is 1. The molecule has 1 aromatic heterocycles. The van der Waals surface area contributed by atoms with Gasteiger partial charge in [0.15, 0.2) is 0 Å². The van der Waals surface area contributed by atoms with Gasteiger partial charge < -0.3 is 5.32 Å². The summed E-state index contributed by atoms with van der Waals surface area (Å²) in [5, 5.41) is 13.7. The summed E-state index contributed by atoms with van der Waals surface area (Å²) in [6, 6.07) is 7.67. The molecule has 0 radical (unpaired) electrons. The molecule has 0 saturated heterocycles. The zero-order chi connectivity index (χ0) is 15.4. The number of carbonyl (C=O) groups is 1. The van der Waals surface area contributed by atoms with E-state index in [9.17, 15) is 14.9 Å². The summed E-state index contributed by atoms with van der Waals surface area (Å²) in [4.78, 5) is 26.2. The number of aryl methyl sites for hydroxylation is 1. The molecule has 0 spiro atoms. The van der Waals surface area contributed by atoms with Crippen molar-refractivity contribution in [3.05, 3.63) is 68.5 Å². The predicted octanol–water partition coefficient (Wildman–Crippen LogP) is 2.88. The fourth-order valence-electron chi connectivity index (χ4n) is 1.75. The number of pyridine rings is 1. The van der Waals surface area contributed by atoms with Crippen LogP contribution in [0.5, 0.6) is 0 Å². The lowest BCUT2D eigenvalue weighted by Crippen LogP contribution is -2.23. The molecule has 1 amide bonds. The number of carbonyl (C=O) groups excluding carboxylic acids is 1. The number of amides is 1. The summed E-state index contributed by atoms with van der Waals surface area (Å²) in [6.07, 6.45) is 1.40. The topological polar surface area (TPSA) is 85.1 Å². The largest absolute Gasteiger partial charge is 0.348 e. The van der Waals surface area contributed by atoms with Crippen LogP contribution in [-0.2, 0) is 6.54 Å². The Bertz CT molecular complexity index is 704. The molecule has 108 valence electrons. The molecule has 2 rings (SSSR count). The van der Waals surface area contributed by atoms with Gasteiger partial charge in [-0.25, -0.2) is 0 Å². The Morgan fingerprint density at radius 3 is 2.86 bits per heavy atom. The number of nitro groups is 1. The highest BCUT2D eigenvalue weighted by atomic mass is 35.5. The minimum Gasteiger partial charge on any atom is -0.348 e. The van der Waals surface area contributed by atoms with E-state index in [1.165, 1.54) is 18.3 Å². The highest BCUT2D eigenvalue weighted by molar-refractivity contribution is 6.33. The fraction of sp³-hybridized carbons (Fsp3) is 0.143. The van der Waals surface area contributed by atoms with Crippen LogP contribution in [0.1, 0.15) is 21.6 Å². The van der Waals surface area contributed by atoms with Crippen LogP contribution in [0, 0.1) is 17.0 Å². The molecule has 6 nitrogen and oxygen atoms in total. The summed E-state index contributed by atoms with van der Waals surface area (Å²) in [5.41, 5.74) is 1.61. The summed E-state index contributed by atoms with van der Waals surface area (Å²) < 4.78 is 0. The van der Waals surface area contributed by atoms with E-state index in [1.54, 1.807) is 25.1 Å². The Kier molecular flexibility index (Phi) is 4.49. The number of halogens is 1. The number of nitrogens with one attached hydrogen (secondary N) is 1. The van der Waals surface area contributed by atoms with E-state index in [2.05, 4.69) is 10.3 Å². The van der Waals surface area contributed by atoms with Crippen LogP contribution in [0.3, 0.4) is 0 Å². The summed E-state index contributed by atoms with van der Waals surface area (Å²) in [5.74, 6) is -0.376. The molecule has 1 heterocycles. The molecular weight excluding hydrogens is 294 g/mol. The van der Waals surface area contributed by atoms with Gasteiger partial charge >= 0.3 is 0 Å². The summed E-state index contributed by atoms with van der Waals surface area (Å²) in [6.45, 7) is 1.95. The van der Waals surface area contributed by atoms with E-state index in [-0.39, 0.29) is 23.7 Å². The second-order valence-electron chi connectivity index (χ2n) is 4.42. The minimum absolute atomic E-state index is 0.0169. The van der Waals surface area contributed by atoms with Crippen molar-refractivity contribution in [1.29, 1.82) is 0 Å². The maximum atomic E-state index is 12.0. The molecule has 0 aliphatic rings. The first kappa shape index (κ1) is 14.9. The Morgan fingerprint density at radius 1 is 1.43 bits per heavy atom. The summed E-state index contributed by atoms with van der Waals surface area (Å²) >= 11 is 5.98. The fourth-order valence-corrected chi connectivity index (χ4v) is 2.04. The zero-order valence-electron chi connectivity index (χ0n) is 11.2. The molecule has 0 saturated carbocycles. The van der Waals surface area contributed by atoms with Crippen molar-refractivity contribution >= 4 is 23.2 Å². The first-order valence-corrected chi connectivity index (χ1v) is 6.49. The van der Waals surface area contributed by atoms with E-state index in [4.69, 9.17) is 11.6 Å². The van der Waals surface area contributed by atoms with Gasteiger partial charge in [-0.3, -0.25) is 19.9 Å². The molecule has 0 unspecified atom stereocenters. The van der Waals surface area contributed by atoms with Crippen LogP contribution < -0.4 is 5.32 Å². The van der Waals surface area contributed by atoms with Gasteiger partial charge in [0, 0.05) is 30.6 Å². The summed E-state index contributed by atoms with van der Waals surface area (Å²) in [7, 11) is 0. The molecule has 0 atom stereocenters. The van der Waals surface area contributed by atoms with Crippen molar-refractivity contribution in [3.63, 3.8) is 0 Å². The van der Waals surface area contributed by atoms with Gasteiger partial charge in [-0.1, -0.05) is 23.7 Å². The van der Waals surface area contributed by atoms with Crippen LogP contribution in [0.4, 0.5) is 5.69 Å². The van der Waals surface area contributed by atoms with E-state index in [0.29, 0.717) is 10.6 Å². The Balaban J connectivity index is 2.07. The van der Waals surface area contributed by atoms with E-state index < -0.39 is 4.92 Å². The molecule has 2 aromatic rings. The molecule has 7 heteroatoms. The number of hydrogen-bond donors (Lipinski definition) is 1. The number of benzene rings is 1. The molecule has 0 fully saturated rings. The van der Waals surface area contributed by atoms with Gasteiger partial charge in [0.1, 0.15) is 0 Å². The Labute approximate surface area is 125 Å². The third-order valence-corrected chi connectivity index (χ3v) is 3.12. The average Bonchev–Trinajstić information content (AvgIpc) is 2.45. The average molecular weight is 306 g/mol. The second-order valence-corrected chi connectivity index (χ2v) is 4.82. The second kappa shape index (κ2) is 6.32. The molecule has 0 bridgehead atoms. The molecule has 21 heavy (non-hydrogen) atoms. The van der Waals surface area contributed by atoms with Crippen molar-refractivity contribution in [2.24, 2.45) is 0 Å². The van der Waals surface area contributed by atoms with Crippen molar-refractivity contribution in [2.45, 2.75) is 13.5 Å². The highest BCUT2D eigenvalue weighted by Gasteiger charge is 2.12. The third-order valence-electron chi connectivity index (χ3n) is 2.81. The number of nitro benzene ring substituents is 1. The lowest BCUT2D eigenvalue weighted by molar-refractivity contribution is -0.384. The SMILES string of the molecule is Cc1cc(Cl)c(C(=O)NCc2cccc([N+](=O)[O-])c2)cn1. The quantitative estimate of drug-likeness (QED) is 0.695. The van der Waals surface area contributed by atoms with Gasteiger partial charge in [0.05, 0.1) is 15.5 Å². The normalized spacial score (nSPS) is 10.2. The minimum atomic E-state index is -0.480. The third kappa shape index (κ3) is 3.76. The van der Waals surface area contributed by atoms with Gasteiger partial charge in [0.25, 0.3) is 11.6 Å². The maximum Gasteiger partial charge on any atom is 0.269 e. The monoisotopic (exact) mass is 305 g/mol. The van der Waals surface area contributed by atoms with Gasteiger partial charge in [0.2, 0.25) is 0 Å². The van der Waals surface area contributed by atoms with Crippen LogP contribution >= 0.6 is 11.6 Å². The van der Waals surface area contributed by atoms with Crippen molar-refractivity contribution < 1.29 is 9.72 Å². The lowest BCUT2D eigenvalue weighted by atomic mass is 10.2. The van der Waals surface area contributed by atoms with Gasteiger partial charge in [-0.2, -0.15) is 0 Å². The number of rotatable bonds is 4. The van der Waals surface area contributed by atoms with Crippen molar-refractivity contribution in [1.82, 2.24) is 10.3 Å². The van der Waals surface area contributed by atoms with Crippen LogP contribution in [0.25, 0.3) is 0 Å². The smallest absolute Gasteiger partial charge is 0.269 e. The van der Waals surface area contributed by atoms with E-state index in [1.807, 2.05) is 0 Å². The molecule has 1 aromatic carbocycles. The van der Waals surface area contributed by atoms with Gasteiger partial charge in [-0.15, -0.1) is 0 Å². The van der Waals surface area contributed by atoms with E-state index in [0.717, 1.165) is 5.69 Å². The Morgan fingerprint density at radius 2 is 2.19 bits per heavy atom. The standard InChI is InChI=1S/C14H12ClN3O3/c1-9-5-13(15)12(8-16-9)14(19)17-7-10-3-2-4-11(6-10)18(20)21/h2-6,8H,7H2,1H3,(H,17,19). The number of aromatic nitrogens is 1. The predicted molar refractivity (Wildman–Crippen MR) is 78.3 cm³/mol. The van der Waals surface area contributed by atoms with Crippen LogP contribution in [-0.4, -0.2) is 15.8 Å². The number of nitrogens with zero attached hydrogens (tertiary/aromatic N) is 2. The molecule has 1 N–H and O–H groups in total. The lowest BCUT2D eigenvalue weighted by Gasteiger charge is -2.07. The van der Waals surface area contributed by atoms with Crippen LogP contribution in [0.15, 0.2) is 36.5 Å². The maximum absolute atomic E-state index is 12.0. The number of hydrogen-bond acceptors (Lipinski definition) is 4. The zero-order valence-corrected chi connectivity index (χ0v) is 11.9. The van der Waals surface area contributed by atoms with Crippen LogP contribution in [0.2, 0.25) is 5.02 Å².